The van der Waals surface area contributed by atoms with E-state index in [-0.39, 0.29) is 24.2 Å². The Morgan fingerprint density at radius 2 is 1.89 bits per heavy atom. The first-order chi connectivity index (χ1) is 13.3. The molecule has 7 nitrogen and oxygen atoms in total. The summed E-state index contributed by atoms with van der Waals surface area (Å²) in [5.41, 5.74) is 0.817. The van der Waals surface area contributed by atoms with E-state index < -0.39 is 22.0 Å². The van der Waals surface area contributed by atoms with Crippen molar-refractivity contribution < 1.29 is 22.7 Å². The highest BCUT2D eigenvalue weighted by atomic mass is 35.5. The van der Waals surface area contributed by atoms with Gasteiger partial charge >= 0.3 is 0 Å². The second-order valence-corrected chi connectivity index (χ2v) is 8.86. The summed E-state index contributed by atoms with van der Waals surface area (Å²) < 4.78 is 38.3. The van der Waals surface area contributed by atoms with Crippen LogP contribution in [0.5, 0.6) is 11.5 Å². The lowest BCUT2D eigenvalue weighted by Gasteiger charge is -2.21. The molecular formula is C19H21ClN2O5S. The molecule has 1 unspecified atom stereocenters. The number of hydrogen-bond acceptors (Lipinski definition) is 5. The lowest BCUT2D eigenvalue weighted by molar-refractivity contribution is -0.123. The molecule has 2 aromatic carbocycles. The van der Waals surface area contributed by atoms with Gasteiger partial charge in [0.25, 0.3) is 0 Å². The minimum Gasteiger partial charge on any atom is -0.454 e. The molecule has 3 rings (SSSR count). The number of hydrogen-bond donors (Lipinski definition) is 2. The number of carbonyl (C=O) groups excluding carboxylic acids is 1. The standard InChI is InChI=1S/C19H21ClN2O5S/c1-12(2)18(22-28(24,25)15-5-3-4-14(20)9-15)19(23)21-10-13-6-7-16-17(8-13)27-11-26-16/h3-9,12,18,22H,10-11H2,1-2H3,(H,21,23). The third-order valence-corrected chi connectivity index (χ3v) is 5.92. The highest BCUT2D eigenvalue weighted by molar-refractivity contribution is 7.89. The van der Waals surface area contributed by atoms with Crippen molar-refractivity contribution in [2.75, 3.05) is 6.79 Å². The van der Waals surface area contributed by atoms with Crippen LogP contribution >= 0.6 is 11.6 Å². The van der Waals surface area contributed by atoms with Crippen LogP contribution in [0.4, 0.5) is 0 Å². The second kappa shape index (κ2) is 8.38. The fourth-order valence-electron chi connectivity index (χ4n) is 2.71. The second-order valence-electron chi connectivity index (χ2n) is 6.71. The van der Waals surface area contributed by atoms with Gasteiger partial charge in [0.15, 0.2) is 11.5 Å². The number of sulfonamides is 1. The van der Waals surface area contributed by atoms with Crippen molar-refractivity contribution in [1.82, 2.24) is 10.0 Å². The molecule has 1 aliphatic rings. The topological polar surface area (TPSA) is 93.7 Å². The summed E-state index contributed by atoms with van der Waals surface area (Å²) in [4.78, 5) is 12.7. The zero-order valence-electron chi connectivity index (χ0n) is 15.4. The van der Waals surface area contributed by atoms with E-state index in [1.807, 2.05) is 6.07 Å². The number of rotatable bonds is 7. The van der Waals surface area contributed by atoms with E-state index in [1.165, 1.54) is 12.1 Å². The van der Waals surface area contributed by atoms with Crippen LogP contribution in [0.2, 0.25) is 5.02 Å². The summed E-state index contributed by atoms with van der Waals surface area (Å²) in [6.45, 7) is 3.94. The molecule has 0 spiro atoms. The molecule has 1 aliphatic heterocycles. The molecule has 0 bridgehead atoms. The quantitative estimate of drug-likeness (QED) is 0.712. The van der Waals surface area contributed by atoms with Gasteiger partial charge in [-0.25, -0.2) is 8.42 Å². The van der Waals surface area contributed by atoms with Crippen molar-refractivity contribution in [3.63, 3.8) is 0 Å². The van der Waals surface area contributed by atoms with E-state index in [2.05, 4.69) is 10.0 Å². The van der Waals surface area contributed by atoms with E-state index in [1.54, 1.807) is 38.1 Å². The van der Waals surface area contributed by atoms with Crippen molar-refractivity contribution in [2.45, 2.75) is 31.3 Å². The number of halogens is 1. The number of amides is 1. The molecule has 0 aliphatic carbocycles. The third kappa shape index (κ3) is 4.76. The van der Waals surface area contributed by atoms with Gasteiger partial charge in [0.1, 0.15) is 6.04 Å². The van der Waals surface area contributed by atoms with Crippen LogP contribution in [0.1, 0.15) is 19.4 Å². The Morgan fingerprint density at radius 3 is 2.61 bits per heavy atom. The van der Waals surface area contributed by atoms with Gasteiger partial charge in [0.05, 0.1) is 4.90 Å². The molecule has 1 amide bonds. The van der Waals surface area contributed by atoms with Gasteiger partial charge in [0, 0.05) is 11.6 Å². The fraction of sp³-hybridized carbons (Fsp3) is 0.316. The number of fused-ring (bicyclic) bond motifs is 1. The Kier molecular flexibility index (Phi) is 6.12. The third-order valence-electron chi connectivity index (χ3n) is 4.24. The molecule has 1 heterocycles. The maximum Gasteiger partial charge on any atom is 0.241 e. The molecule has 1 atom stereocenters. The average molecular weight is 425 g/mol. The Morgan fingerprint density at radius 1 is 1.14 bits per heavy atom. The Labute approximate surface area is 169 Å². The summed E-state index contributed by atoms with van der Waals surface area (Å²) >= 11 is 5.88. The lowest BCUT2D eigenvalue weighted by Crippen LogP contribution is -2.49. The number of benzene rings is 2. The predicted molar refractivity (Wildman–Crippen MR) is 105 cm³/mol. The average Bonchev–Trinajstić information content (AvgIpc) is 3.12. The van der Waals surface area contributed by atoms with Crippen LogP contribution in [0.25, 0.3) is 0 Å². The summed E-state index contributed by atoms with van der Waals surface area (Å²) in [6.07, 6.45) is 0. The number of nitrogens with one attached hydrogen (secondary N) is 2. The minimum atomic E-state index is -3.89. The molecule has 150 valence electrons. The van der Waals surface area contributed by atoms with Crippen molar-refractivity contribution in [1.29, 1.82) is 0 Å². The summed E-state index contributed by atoms with van der Waals surface area (Å²) in [5.74, 6) is 0.599. The van der Waals surface area contributed by atoms with Gasteiger partial charge in [-0.05, 0) is 41.8 Å². The number of ether oxygens (including phenoxy) is 2. The normalized spacial score (nSPS) is 14.1. The van der Waals surface area contributed by atoms with Crippen LogP contribution in [-0.2, 0) is 21.4 Å². The molecule has 0 saturated carbocycles. The van der Waals surface area contributed by atoms with Gasteiger partial charge < -0.3 is 14.8 Å². The predicted octanol–water partition coefficient (Wildman–Crippen LogP) is 2.69. The SMILES string of the molecule is CC(C)C(NS(=O)(=O)c1cccc(Cl)c1)C(=O)NCc1ccc2c(c1)OCO2. The van der Waals surface area contributed by atoms with Gasteiger partial charge in [-0.15, -0.1) is 0 Å². The maximum atomic E-state index is 12.6. The van der Waals surface area contributed by atoms with Gasteiger partial charge in [-0.1, -0.05) is 37.6 Å². The van der Waals surface area contributed by atoms with Crippen molar-refractivity contribution in [3.05, 3.63) is 53.1 Å². The monoisotopic (exact) mass is 424 g/mol. The van der Waals surface area contributed by atoms with E-state index in [0.29, 0.717) is 16.5 Å². The summed E-state index contributed by atoms with van der Waals surface area (Å²) in [6, 6.07) is 10.3. The first kappa shape index (κ1) is 20.4. The van der Waals surface area contributed by atoms with Crippen molar-refractivity contribution in [3.8, 4) is 11.5 Å². The largest absolute Gasteiger partial charge is 0.454 e. The highest BCUT2D eigenvalue weighted by Gasteiger charge is 2.28. The van der Waals surface area contributed by atoms with Crippen LogP contribution < -0.4 is 19.5 Å². The van der Waals surface area contributed by atoms with E-state index in [9.17, 15) is 13.2 Å². The maximum absolute atomic E-state index is 12.6. The van der Waals surface area contributed by atoms with Gasteiger partial charge in [-0.3, -0.25) is 4.79 Å². The Balaban J connectivity index is 1.68. The molecule has 0 radical (unpaired) electrons. The highest BCUT2D eigenvalue weighted by Crippen LogP contribution is 2.32. The zero-order chi connectivity index (χ0) is 20.3. The van der Waals surface area contributed by atoms with E-state index in [4.69, 9.17) is 21.1 Å². The molecule has 28 heavy (non-hydrogen) atoms. The molecule has 0 fully saturated rings. The summed E-state index contributed by atoms with van der Waals surface area (Å²) in [7, 11) is -3.89. The number of carbonyl (C=O) groups is 1. The molecular weight excluding hydrogens is 404 g/mol. The minimum absolute atomic E-state index is 0.00854. The molecule has 2 aromatic rings. The van der Waals surface area contributed by atoms with Crippen LogP contribution in [0.15, 0.2) is 47.4 Å². The van der Waals surface area contributed by atoms with Gasteiger partial charge in [0.2, 0.25) is 22.7 Å². The van der Waals surface area contributed by atoms with Crippen LogP contribution in [-0.4, -0.2) is 27.2 Å². The lowest BCUT2D eigenvalue weighted by atomic mass is 10.0. The molecule has 2 N–H and O–H groups in total. The van der Waals surface area contributed by atoms with Crippen LogP contribution in [0, 0.1) is 5.92 Å². The Bertz CT molecular complexity index is 978. The van der Waals surface area contributed by atoms with Crippen molar-refractivity contribution >= 4 is 27.5 Å². The molecule has 0 saturated heterocycles. The van der Waals surface area contributed by atoms with Crippen LogP contribution in [0.3, 0.4) is 0 Å². The fourth-order valence-corrected chi connectivity index (χ4v) is 4.36. The zero-order valence-corrected chi connectivity index (χ0v) is 17.0. The van der Waals surface area contributed by atoms with Crippen molar-refractivity contribution in [2.24, 2.45) is 5.92 Å². The van der Waals surface area contributed by atoms with E-state index in [0.717, 1.165) is 5.56 Å². The smallest absolute Gasteiger partial charge is 0.241 e. The first-order valence-electron chi connectivity index (χ1n) is 8.70. The van der Waals surface area contributed by atoms with E-state index >= 15 is 0 Å². The Hall–Kier alpha value is -2.29. The molecule has 9 heteroatoms. The first-order valence-corrected chi connectivity index (χ1v) is 10.6. The molecule has 0 aromatic heterocycles. The van der Waals surface area contributed by atoms with Gasteiger partial charge in [-0.2, -0.15) is 4.72 Å². The summed E-state index contributed by atoms with van der Waals surface area (Å²) in [5, 5.41) is 3.07.